The summed E-state index contributed by atoms with van der Waals surface area (Å²) in [5.41, 5.74) is -0.197. The van der Waals surface area contributed by atoms with Gasteiger partial charge in [0.15, 0.2) is 9.84 Å². The maximum absolute atomic E-state index is 13.6. The third-order valence-electron chi connectivity index (χ3n) is 2.00. The van der Waals surface area contributed by atoms with E-state index in [-0.39, 0.29) is 10.5 Å². The van der Waals surface area contributed by atoms with Gasteiger partial charge in [0, 0.05) is 11.8 Å². The molecule has 0 saturated heterocycles. The molecule has 0 heterocycles. The lowest BCUT2D eigenvalue weighted by atomic mass is 10.1. The largest absolute Gasteiger partial charge is 0.467 e. The summed E-state index contributed by atoms with van der Waals surface area (Å²) in [7, 11) is -2.53. The second-order valence-corrected chi connectivity index (χ2v) is 5.18. The van der Waals surface area contributed by atoms with E-state index in [0.29, 0.717) is 0 Å². The molecule has 16 heavy (non-hydrogen) atoms. The molecule has 0 aliphatic rings. The molecular weight excluding hydrogens is 235 g/mol. The van der Waals surface area contributed by atoms with E-state index in [4.69, 9.17) is 0 Å². The molecule has 1 atom stereocenters. The lowest BCUT2D eigenvalue weighted by Crippen LogP contribution is -2.13. The van der Waals surface area contributed by atoms with Crippen LogP contribution in [0.2, 0.25) is 0 Å². The van der Waals surface area contributed by atoms with Crippen LogP contribution in [0.15, 0.2) is 29.2 Å². The topological polar surface area (TPSA) is 60.4 Å². The van der Waals surface area contributed by atoms with Crippen LogP contribution in [0.3, 0.4) is 0 Å². The van der Waals surface area contributed by atoms with Gasteiger partial charge in [0.1, 0.15) is 0 Å². The number of methoxy groups -OCH3 is 1. The zero-order chi connectivity index (χ0) is 12.3. The van der Waals surface area contributed by atoms with Crippen molar-refractivity contribution in [3.05, 3.63) is 29.8 Å². The first-order chi connectivity index (χ1) is 7.38. The Bertz CT molecular complexity index is 495. The Morgan fingerprint density at radius 2 is 1.94 bits per heavy atom. The zero-order valence-electron chi connectivity index (χ0n) is 8.81. The molecule has 1 unspecified atom stereocenters. The molecule has 0 spiro atoms. The first kappa shape index (κ1) is 12.6. The summed E-state index contributed by atoms with van der Waals surface area (Å²) in [5.74, 6) is -1.11. The average Bonchev–Trinajstić information content (AvgIpc) is 2.26. The molecule has 0 aliphatic carbocycles. The lowest BCUT2D eigenvalue weighted by Gasteiger charge is -2.10. The van der Waals surface area contributed by atoms with Gasteiger partial charge in [-0.2, -0.15) is 0 Å². The number of carbonyl (C=O) groups excluding carboxylic acids is 1. The number of sulfone groups is 1. The number of alkyl halides is 1. The summed E-state index contributed by atoms with van der Waals surface area (Å²) in [6, 6.07) is 5.42. The molecule has 0 bridgehead atoms. The summed E-state index contributed by atoms with van der Waals surface area (Å²) in [6.45, 7) is 0. The van der Waals surface area contributed by atoms with Gasteiger partial charge < -0.3 is 4.74 Å². The Labute approximate surface area is 93.0 Å². The molecule has 0 radical (unpaired) electrons. The Morgan fingerprint density at radius 1 is 1.38 bits per heavy atom. The van der Waals surface area contributed by atoms with Crippen LogP contribution in [0.25, 0.3) is 0 Å². The van der Waals surface area contributed by atoms with E-state index in [1.807, 2.05) is 0 Å². The van der Waals surface area contributed by atoms with E-state index in [0.717, 1.165) is 13.4 Å². The number of rotatable bonds is 3. The number of halogens is 1. The van der Waals surface area contributed by atoms with Crippen molar-refractivity contribution < 1.29 is 22.3 Å². The number of hydrogen-bond donors (Lipinski definition) is 0. The third-order valence-corrected chi connectivity index (χ3v) is 3.17. The van der Waals surface area contributed by atoms with Crippen LogP contribution in [-0.4, -0.2) is 27.8 Å². The van der Waals surface area contributed by atoms with Crippen LogP contribution < -0.4 is 0 Å². The van der Waals surface area contributed by atoms with Gasteiger partial charge in [0.25, 0.3) is 0 Å². The van der Waals surface area contributed by atoms with Gasteiger partial charge in [-0.3, -0.25) is 0 Å². The Morgan fingerprint density at radius 3 is 2.44 bits per heavy atom. The van der Waals surface area contributed by atoms with Gasteiger partial charge >= 0.3 is 5.97 Å². The fourth-order valence-electron chi connectivity index (χ4n) is 1.26. The molecule has 0 N–H and O–H groups in total. The third kappa shape index (κ3) is 2.57. The average molecular weight is 246 g/mol. The minimum atomic E-state index is -3.57. The Balaban J connectivity index is 3.30. The van der Waals surface area contributed by atoms with Crippen LogP contribution >= 0.6 is 0 Å². The second kappa shape index (κ2) is 4.61. The molecule has 88 valence electrons. The van der Waals surface area contributed by atoms with Crippen molar-refractivity contribution in [1.82, 2.24) is 0 Å². The van der Waals surface area contributed by atoms with Gasteiger partial charge in [-0.25, -0.2) is 17.6 Å². The van der Waals surface area contributed by atoms with Crippen LogP contribution in [-0.2, 0) is 19.4 Å². The van der Waals surface area contributed by atoms with E-state index in [1.54, 1.807) is 0 Å². The summed E-state index contributed by atoms with van der Waals surface area (Å²) in [6.07, 6.45) is -1.13. The van der Waals surface area contributed by atoms with E-state index in [9.17, 15) is 17.6 Å². The smallest absolute Gasteiger partial charge is 0.345 e. The van der Waals surface area contributed by atoms with Gasteiger partial charge in [0.2, 0.25) is 6.17 Å². The predicted molar refractivity (Wildman–Crippen MR) is 55.4 cm³/mol. The van der Waals surface area contributed by atoms with E-state index in [1.165, 1.54) is 24.3 Å². The SMILES string of the molecule is COC(=O)C(F)c1ccccc1S(C)(=O)=O. The highest BCUT2D eigenvalue weighted by atomic mass is 32.2. The summed E-state index contributed by atoms with van der Waals surface area (Å²) in [4.78, 5) is 10.8. The maximum Gasteiger partial charge on any atom is 0.345 e. The molecule has 0 fully saturated rings. The van der Waals surface area contributed by atoms with Gasteiger partial charge in [0.05, 0.1) is 12.0 Å². The lowest BCUT2D eigenvalue weighted by molar-refractivity contribution is -0.146. The van der Waals surface area contributed by atoms with Crippen molar-refractivity contribution in [1.29, 1.82) is 0 Å². The van der Waals surface area contributed by atoms with Gasteiger partial charge in [-0.05, 0) is 6.07 Å². The highest BCUT2D eigenvalue weighted by Crippen LogP contribution is 2.25. The van der Waals surface area contributed by atoms with Crippen molar-refractivity contribution >= 4 is 15.8 Å². The molecule has 0 aliphatic heterocycles. The molecule has 6 heteroatoms. The Hall–Kier alpha value is -1.43. The number of carbonyl (C=O) groups is 1. The zero-order valence-corrected chi connectivity index (χ0v) is 9.62. The molecule has 0 amide bonds. The first-order valence-electron chi connectivity index (χ1n) is 4.39. The molecule has 1 aromatic rings. The fraction of sp³-hybridized carbons (Fsp3) is 0.300. The second-order valence-electron chi connectivity index (χ2n) is 3.20. The molecular formula is C10H11FO4S. The highest BCUT2D eigenvalue weighted by Gasteiger charge is 2.26. The summed E-state index contributed by atoms with van der Waals surface area (Å²) in [5, 5.41) is 0. The standard InChI is InChI=1S/C10H11FO4S/c1-15-10(12)9(11)7-5-3-4-6-8(7)16(2,13)14/h3-6,9H,1-2H3. The van der Waals surface area contributed by atoms with Crippen LogP contribution in [0, 0.1) is 0 Å². The predicted octanol–water partition coefficient (Wildman–Crippen LogP) is 1.27. The van der Waals surface area contributed by atoms with E-state index >= 15 is 0 Å². The number of ether oxygens (including phenoxy) is 1. The molecule has 0 aromatic heterocycles. The van der Waals surface area contributed by atoms with Crippen molar-refractivity contribution in [2.45, 2.75) is 11.1 Å². The minimum absolute atomic E-state index is 0.197. The van der Waals surface area contributed by atoms with Crippen LogP contribution in [0.5, 0.6) is 0 Å². The monoisotopic (exact) mass is 246 g/mol. The number of hydrogen-bond acceptors (Lipinski definition) is 4. The van der Waals surface area contributed by atoms with Crippen LogP contribution in [0.1, 0.15) is 11.7 Å². The summed E-state index contributed by atoms with van der Waals surface area (Å²) < 4.78 is 40.5. The number of esters is 1. The normalized spacial score (nSPS) is 13.2. The Kier molecular flexibility index (Phi) is 3.64. The summed E-state index contributed by atoms with van der Waals surface area (Å²) >= 11 is 0. The molecule has 1 aromatic carbocycles. The van der Waals surface area contributed by atoms with Crippen molar-refractivity contribution in [3.8, 4) is 0 Å². The van der Waals surface area contributed by atoms with E-state index < -0.39 is 22.0 Å². The van der Waals surface area contributed by atoms with E-state index in [2.05, 4.69) is 4.74 Å². The van der Waals surface area contributed by atoms with Crippen molar-refractivity contribution in [2.24, 2.45) is 0 Å². The molecule has 0 saturated carbocycles. The van der Waals surface area contributed by atoms with Crippen molar-refractivity contribution in [3.63, 3.8) is 0 Å². The quantitative estimate of drug-likeness (QED) is 0.754. The molecule has 1 rings (SSSR count). The van der Waals surface area contributed by atoms with Crippen LogP contribution in [0.4, 0.5) is 4.39 Å². The fourth-order valence-corrected chi connectivity index (χ4v) is 2.18. The van der Waals surface area contributed by atoms with Gasteiger partial charge in [-0.15, -0.1) is 0 Å². The first-order valence-corrected chi connectivity index (χ1v) is 6.28. The maximum atomic E-state index is 13.6. The number of benzene rings is 1. The minimum Gasteiger partial charge on any atom is -0.467 e. The van der Waals surface area contributed by atoms with Gasteiger partial charge in [-0.1, -0.05) is 18.2 Å². The van der Waals surface area contributed by atoms with Crippen molar-refractivity contribution in [2.75, 3.05) is 13.4 Å². The highest BCUT2D eigenvalue weighted by molar-refractivity contribution is 7.90. The molecule has 4 nitrogen and oxygen atoms in total.